The summed E-state index contributed by atoms with van der Waals surface area (Å²) in [5.74, 6) is 4.26. The molecule has 0 bridgehead atoms. The van der Waals surface area contributed by atoms with E-state index < -0.39 is 0 Å². The fourth-order valence-electron chi connectivity index (χ4n) is 4.35. The summed E-state index contributed by atoms with van der Waals surface area (Å²) in [6.45, 7) is 4.08. The van der Waals surface area contributed by atoms with Gasteiger partial charge in [-0.15, -0.1) is 0 Å². The number of rotatable bonds is 5. The summed E-state index contributed by atoms with van der Waals surface area (Å²) in [5, 5.41) is 0. The van der Waals surface area contributed by atoms with Gasteiger partial charge in [0, 0.05) is 55.6 Å². The minimum atomic E-state index is 0.284. The molecule has 0 radical (unpaired) electrons. The molecule has 2 saturated carbocycles. The maximum Gasteiger partial charge on any atom is 0.134 e. The van der Waals surface area contributed by atoms with E-state index in [0.717, 1.165) is 56.2 Å². The molecule has 2 aromatic rings. The Kier molecular flexibility index (Phi) is 4.71. The number of hydrogen-bond acceptors (Lipinski definition) is 5. The first-order valence-corrected chi connectivity index (χ1v) is 10.8. The zero-order valence-electron chi connectivity index (χ0n) is 16.7. The van der Waals surface area contributed by atoms with E-state index in [4.69, 9.17) is 20.4 Å². The van der Waals surface area contributed by atoms with Crippen LogP contribution < -0.4 is 15.4 Å². The van der Waals surface area contributed by atoms with Gasteiger partial charge in [0.05, 0.1) is 0 Å². The van der Waals surface area contributed by atoms with Crippen LogP contribution in [0.25, 0.3) is 0 Å². The molecule has 3 aliphatic rings. The number of nitrogens with two attached hydrogens (primary N) is 1. The molecule has 28 heavy (non-hydrogen) atoms. The second-order valence-corrected chi connectivity index (χ2v) is 8.83. The van der Waals surface area contributed by atoms with Crippen molar-refractivity contribution in [3.8, 4) is 5.75 Å². The molecule has 1 aromatic heterocycles. The topological polar surface area (TPSA) is 64.3 Å². The van der Waals surface area contributed by atoms with Crippen LogP contribution in [0.15, 0.2) is 30.3 Å². The normalized spacial score (nSPS) is 25.4. The number of aryl methyl sites for hydroxylation is 1. The molecule has 2 N–H and O–H groups in total. The van der Waals surface area contributed by atoms with Gasteiger partial charge in [0.25, 0.3) is 0 Å². The molecule has 148 valence electrons. The summed E-state index contributed by atoms with van der Waals surface area (Å²) < 4.78 is 6.22. The van der Waals surface area contributed by atoms with Crippen molar-refractivity contribution in [1.82, 2.24) is 9.97 Å². The van der Waals surface area contributed by atoms with Gasteiger partial charge < -0.3 is 15.4 Å². The molecule has 5 heteroatoms. The predicted molar refractivity (Wildman–Crippen MR) is 111 cm³/mol. The molecule has 0 atom stereocenters. The quantitative estimate of drug-likeness (QED) is 0.854. The lowest BCUT2D eigenvalue weighted by molar-refractivity contribution is 0.170. The zero-order valence-corrected chi connectivity index (χ0v) is 16.7. The van der Waals surface area contributed by atoms with Gasteiger partial charge in [0.2, 0.25) is 0 Å². The predicted octanol–water partition coefficient (Wildman–Crippen LogP) is 3.91. The van der Waals surface area contributed by atoms with Crippen molar-refractivity contribution < 1.29 is 4.74 Å². The third kappa shape index (κ3) is 3.86. The number of piperidine rings is 1. The summed E-state index contributed by atoms with van der Waals surface area (Å²) in [6, 6.07) is 10.9. The van der Waals surface area contributed by atoms with Crippen LogP contribution in [0.5, 0.6) is 5.75 Å². The molecule has 2 heterocycles. The summed E-state index contributed by atoms with van der Waals surface area (Å²) >= 11 is 0. The first kappa shape index (κ1) is 17.9. The second kappa shape index (κ2) is 7.36. The first-order chi connectivity index (χ1) is 13.6. The Morgan fingerprint density at radius 3 is 2.46 bits per heavy atom. The Morgan fingerprint density at radius 1 is 1.00 bits per heavy atom. The average Bonchev–Trinajstić information content (AvgIpc) is 3.51. The van der Waals surface area contributed by atoms with E-state index in [-0.39, 0.29) is 6.10 Å². The lowest BCUT2D eigenvalue weighted by Gasteiger charge is -2.35. The number of hydrogen-bond donors (Lipinski definition) is 1. The van der Waals surface area contributed by atoms with E-state index in [1.54, 1.807) is 0 Å². The third-order valence-electron chi connectivity index (χ3n) is 6.34. The van der Waals surface area contributed by atoms with E-state index in [1.807, 2.05) is 0 Å². The van der Waals surface area contributed by atoms with Gasteiger partial charge in [-0.2, -0.15) is 0 Å². The number of nitrogens with zero attached hydrogens (tertiary/aromatic N) is 3. The van der Waals surface area contributed by atoms with Crippen molar-refractivity contribution in [2.75, 3.05) is 18.0 Å². The standard InChI is InChI=1S/C23H30N4O/c1-15-3-2-4-20(11-15)28-19-7-9-27(10-8-19)22-14-21(17-12-18(24)13-17)25-23(26-22)16-5-6-16/h2-4,11,14,16-19H,5-10,12-13,24H2,1H3. The van der Waals surface area contributed by atoms with Crippen LogP contribution in [0, 0.1) is 6.92 Å². The van der Waals surface area contributed by atoms with Gasteiger partial charge in [-0.3, -0.25) is 0 Å². The molecule has 1 aliphatic heterocycles. The van der Waals surface area contributed by atoms with E-state index >= 15 is 0 Å². The molecule has 1 saturated heterocycles. The largest absolute Gasteiger partial charge is 0.490 e. The Hall–Kier alpha value is -2.14. The molecule has 2 aliphatic carbocycles. The summed E-state index contributed by atoms with van der Waals surface area (Å²) in [7, 11) is 0. The smallest absolute Gasteiger partial charge is 0.134 e. The van der Waals surface area contributed by atoms with Crippen molar-refractivity contribution in [2.24, 2.45) is 5.73 Å². The van der Waals surface area contributed by atoms with Crippen LogP contribution in [0.3, 0.4) is 0 Å². The maximum atomic E-state index is 6.22. The van der Waals surface area contributed by atoms with Crippen LogP contribution in [-0.2, 0) is 0 Å². The summed E-state index contributed by atoms with van der Waals surface area (Å²) in [4.78, 5) is 12.3. The average molecular weight is 379 g/mol. The summed E-state index contributed by atoms with van der Waals surface area (Å²) in [6.07, 6.45) is 6.94. The monoisotopic (exact) mass is 378 g/mol. The van der Waals surface area contributed by atoms with Crippen LogP contribution in [0.2, 0.25) is 0 Å². The van der Waals surface area contributed by atoms with Crippen LogP contribution in [0.1, 0.15) is 67.4 Å². The molecule has 0 spiro atoms. The van der Waals surface area contributed by atoms with E-state index in [1.165, 1.54) is 24.1 Å². The first-order valence-electron chi connectivity index (χ1n) is 10.8. The fourth-order valence-corrected chi connectivity index (χ4v) is 4.35. The molecule has 5 rings (SSSR count). The highest BCUT2D eigenvalue weighted by Crippen LogP contribution is 2.41. The maximum absolute atomic E-state index is 6.22. The van der Waals surface area contributed by atoms with Gasteiger partial charge in [-0.05, 0) is 50.3 Å². The van der Waals surface area contributed by atoms with Crippen LogP contribution in [-0.4, -0.2) is 35.2 Å². The van der Waals surface area contributed by atoms with E-state index in [2.05, 4.69) is 42.2 Å². The number of benzene rings is 1. The second-order valence-electron chi connectivity index (χ2n) is 8.83. The Labute approximate surface area is 167 Å². The molecule has 3 fully saturated rings. The highest BCUT2D eigenvalue weighted by molar-refractivity contribution is 5.42. The molecular formula is C23H30N4O. The van der Waals surface area contributed by atoms with Gasteiger partial charge >= 0.3 is 0 Å². The minimum Gasteiger partial charge on any atom is -0.490 e. The number of ether oxygens (including phenoxy) is 1. The van der Waals surface area contributed by atoms with Gasteiger partial charge in [-0.25, -0.2) is 9.97 Å². The van der Waals surface area contributed by atoms with Crippen molar-refractivity contribution in [2.45, 2.75) is 69.4 Å². The summed E-state index contributed by atoms with van der Waals surface area (Å²) in [5.41, 5.74) is 8.47. The molecular weight excluding hydrogens is 348 g/mol. The lowest BCUT2D eigenvalue weighted by atomic mass is 9.78. The number of aromatic nitrogens is 2. The van der Waals surface area contributed by atoms with Crippen molar-refractivity contribution in [1.29, 1.82) is 0 Å². The highest BCUT2D eigenvalue weighted by Gasteiger charge is 2.33. The van der Waals surface area contributed by atoms with E-state index in [9.17, 15) is 0 Å². The van der Waals surface area contributed by atoms with Crippen LogP contribution in [0.4, 0.5) is 5.82 Å². The van der Waals surface area contributed by atoms with Gasteiger partial charge in [-0.1, -0.05) is 12.1 Å². The van der Waals surface area contributed by atoms with E-state index in [0.29, 0.717) is 17.9 Å². The molecule has 5 nitrogen and oxygen atoms in total. The SMILES string of the molecule is Cc1cccc(OC2CCN(c3cc(C4CC(N)C4)nc(C4CC4)n3)CC2)c1. The van der Waals surface area contributed by atoms with Gasteiger partial charge in [0.15, 0.2) is 0 Å². The van der Waals surface area contributed by atoms with Crippen molar-refractivity contribution in [3.05, 3.63) is 47.4 Å². The van der Waals surface area contributed by atoms with Crippen molar-refractivity contribution >= 4 is 5.82 Å². The van der Waals surface area contributed by atoms with Gasteiger partial charge in [0.1, 0.15) is 23.5 Å². The Bertz CT molecular complexity index is 836. The minimum absolute atomic E-state index is 0.284. The lowest BCUT2D eigenvalue weighted by Crippen LogP contribution is -2.39. The number of anilines is 1. The molecule has 0 amide bonds. The fraction of sp³-hybridized carbons (Fsp3) is 0.565. The highest BCUT2D eigenvalue weighted by atomic mass is 16.5. The Balaban J connectivity index is 1.26. The molecule has 0 unspecified atom stereocenters. The van der Waals surface area contributed by atoms with Crippen molar-refractivity contribution in [3.63, 3.8) is 0 Å². The zero-order chi connectivity index (χ0) is 19.1. The Morgan fingerprint density at radius 2 is 1.79 bits per heavy atom. The molecule has 1 aromatic carbocycles. The van der Waals surface area contributed by atoms with Crippen LogP contribution >= 0.6 is 0 Å². The third-order valence-corrected chi connectivity index (χ3v) is 6.34.